The fraction of sp³-hybridized carbons (Fsp3) is 0.231. The fourth-order valence-electron chi connectivity index (χ4n) is 1.85. The molecule has 0 fully saturated rings. The van der Waals surface area contributed by atoms with Gasteiger partial charge in [-0.1, -0.05) is 18.2 Å². The van der Waals surface area contributed by atoms with E-state index in [1.54, 1.807) is 18.2 Å². The first-order valence-electron chi connectivity index (χ1n) is 5.92. The lowest BCUT2D eigenvalue weighted by Crippen LogP contribution is -2.14. The van der Waals surface area contributed by atoms with E-state index in [2.05, 4.69) is 20.7 Å². The summed E-state index contributed by atoms with van der Waals surface area (Å²) in [6, 6.07) is 6.44. The van der Waals surface area contributed by atoms with E-state index in [0.29, 0.717) is 17.2 Å². The number of rotatable bonds is 4. The van der Waals surface area contributed by atoms with Gasteiger partial charge in [0.1, 0.15) is 23.8 Å². The Bertz CT molecular complexity index is 573. The first-order valence-corrected chi connectivity index (χ1v) is 5.92. The number of nitrogens with two attached hydrogens (primary N) is 1. The van der Waals surface area contributed by atoms with Crippen LogP contribution in [0.5, 0.6) is 0 Å². The van der Waals surface area contributed by atoms with Crippen molar-refractivity contribution in [3.05, 3.63) is 47.5 Å². The summed E-state index contributed by atoms with van der Waals surface area (Å²) in [6.07, 6.45) is 1.40. The maximum Gasteiger partial charge on any atom is 0.148 e. The summed E-state index contributed by atoms with van der Waals surface area (Å²) in [5.41, 5.74) is 3.87. The standard InChI is InChI=1S/C13H16FN5/c1-8-12(16-7-17-13(8)19-15)18-9(2)10-5-3-4-6-11(10)14/h3-7,9H,15H2,1-2H3,(H2,16,17,18,19). The van der Waals surface area contributed by atoms with Gasteiger partial charge in [-0.3, -0.25) is 0 Å². The van der Waals surface area contributed by atoms with Crippen LogP contribution in [0.4, 0.5) is 16.0 Å². The van der Waals surface area contributed by atoms with Gasteiger partial charge in [0.25, 0.3) is 0 Å². The molecule has 1 aromatic carbocycles. The molecule has 19 heavy (non-hydrogen) atoms. The fourth-order valence-corrected chi connectivity index (χ4v) is 1.85. The van der Waals surface area contributed by atoms with Crippen molar-refractivity contribution in [1.82, 2.24) is 9.97 Å². The van der Waals surface area contributed by atoms with Gasteiger partial charge in [0, 0.05) is 11.1 Å². The molecule has 0 radical (unpaired) electrons. The highest BCUT2D eigenvalue weighted by Crippen LogP contribution is 2.24. The van der Waals surface area contributed by atoms with Crippen LogP contribution in [0.1, 0.15) is 24.1 Å². The van der Waals surface area contributed by atoms with Crippen LogP contribution in [0, 0.1) is 12.7 Å². The average molecular weight is 261 g/mol. The number of nitrogens with one attached hydrogen (secondary N) is 2. The minimum atomic E-state index is -0.244. The van der Waals surface area contributed by atoms with Gasteiger partial charge in [-0.15, -0.1) is 0 Å². The van der Waals surface area contributed by atoms with E-state index < -0.39 is 0 Å². The van der Waals surface area contributed by atoms with Crippen molar-refractivity contribution < 1.29 is 4.39 Å². The number of hydrazine groups is 1. The maximum atomic E-state index is 13.7. The Morgan fingerprint density at radius 3 is 2.58 bits per heavy atom. The number of nitrogens with zero attached hydrogens (tertiary/aromatic N) is 2. The SMILES string of the molecule is Cc1c(NN)ncnc1NC(C)c1ccccc1F. The molecule has 0 saturated carbocycles. The Hall–Kier alpha value is -2.21. The van der Waals surface area contributed by atoms with Gasteiger partial charge in [0.2, 0.25) is 0 Å². The third kappa shape index (κ3) is 2.79. The maximum absolute atomic E-state index is 13.7. The van der Waals surface area contributed by atoms with Gasteiger partial charge in [-0.05, 0) is 19.9 Å². The number of hydrogen-bond donors (Lipinski definition) is 3. The topological polar surface area (TPSA) is 75.9 Å². The number of benzene rings is 1. The van der Waals surface area contributed by atoms with Crippen molar-refractivity contribution in [2.45, 2.75) is 19.9 Å². The molecule has 0 amide bonds. The Balaban J connectivity index is 2.24. The number of nitrogen functional groups attached to an aromatic ring is 1. The quantitative estimate of drug-likeness (QED) is 0.582. The average Bonchev–Trinajstić information content (AvgIpc) is 2.41. The molecule has 6 heteroatoms. The molecule has 0 aliphatic rings. The van der Waals surface area contributed by atoms with Crippen LogP contribution in [0.2, 0.25) is 0 Å². The molecular formula is C13H16FN5. The Morgan fingerprint density at radius 2 is 1.89 bits per heavy atom. The van der Waals surface area contributed by atoms with Gasteiger partial charge in [0.05, 0.1) is 6.04 Å². The third-order valence-corrected chi connectivity index (χ3v) is 2.95. The Kier molecular flexibility index (Phi) is 3.91. The second kappa shape index (κ2) is 5.62. The summed E-state index contributed by atoms with van der Waals surface area (Å²) in [4.78, 5) is 8.14. The van der Waals surface area contributed by atoms with Crippen LogP contribution in [-0.4, -0.2) is 9.97 Å². The van der Waals surface area contributed by atoms with E-state index in [-0.39, 0.29) is 11.9 Å². The molecule has 2 rings (SSSR count). The Morgan fingerprint density at radius 1 is 1.21 bits per heavy atom. The summed E-state index contributed by atoms with van der Waals surface area (Å²) in [7, 11) is 0. The number of hydrogen-bond acceptors (Lipinski definition) is 5. The third-order valence-electron chi connectivity index (χ3n) is 2.95. The molecule has 1 aromatic heterocycles. The number of halogens is 1. The van der Waals surface area contributed by atoms with Crippen LogP contribution in [0.3, 0.4) is 0 Å². The van der Waals surface area contributed by atoms with Crippen molar-refractivity contribution in [3.8, 4) is 0 Å². The second-order valence-electron chi connectivity index (χ2n) is 4.23. The predicted octanol–water partition coefficient (Wildman–Crippen LogP) is 2.38. The predicted molar refractivity (Wildman–Crippen MR) is 73.0 cm³/mol. The molecule has 1 unspecified atom stereocenters. The zero-order valence-corrected chi connectivity index (χ0v) is 10.8. The molecule has 0 saturated heterocycles. The van der Waals surface area contributed by atoms with Crippen molar-refractivity contribution in [3.63, 3.8) is 0 Å². The molecule has 0 aliphatic carbocycles. The second-order valence-corrected chi connectivity index (χ2v) is 4.23. The van der Waals surface area contributed by atoms with E-state index in [1.807, 2.05) is 13.8 Å². The number of anilines is 2. The molecule has 0 bridgehead atoms. The molecule has 0 spiro atoms. The molecule has 1 atom stereocenters. The van der Waals surface area contributed by atoms with Crippen molar-refractivity contribution in [2.75, 3.05) is 10.7 Å². The van der Waals surface area contributed by atoms with E-state index in [1.165, 1.54) is 12.4 Å². The lowest BCUT2D eigenvalue weighted by molar-refractivity contribution is 0.600. The monoisotopic (exact) mass is 261 g/mol. The highest BCUT2D eigenvalue weighted by molar-refractivity contribution is 5.56. The zero-order chi connectivity index (χ0) is 13.8. The molecule has 5 nitrogen and oxygen atoms in total. The van der Waals surface area contributed by atoms with Crippen LogP contribution >= 0.6 is 0 Å². The van der Waals surface area contributed by atoms with Gasteiger partial charge in [-0.25, -0.2) is 20.2 Å². The Labute approximate surface area is 111 Å². The summed E-state index contributed by atoms with van der Waals surface area (Å²) in [5, 5.41) is 3.16. The highest BCUT2D eigenvalue weighted by atomic mass is 19.1. The summed E-state index contributed by atoms with van der Waals surface area (Å²) < 4.78 is 13.7. The molecule has 1 heterocycles. The van der Waals surface area contributed by atoms with Gasteiger partial charge >= 0.3 is 0 Å². The number of aromatic nitrogens is 2. The van der Waals surface area contributed by atoms with Gasteiger partial charge < -0.3 is 10.7 Å². The van der Waals surface area contributed by atoms with Gasteiger partial charge in [0.15, 0.2) is 0 Å². The normalized spacial score (nSPS) is 12.0. The first kappa shape index (κ1) is 13.2. The van der Waals surface area contributed by atoms with E-state index in [4.69, 9.17) is 5.84 Å². The smallest absolute Gasteiger partial charge is 0.148 e. The van der Waals surface area contributed by atoms with Gasteiger partial charge in [-0.2, -0.15) is 0 Å². The van der Waals surface area contributed by atoms with Crippen molar-refractivity contribution >= 4 is 11.6 Å². The van der Waals surface area contributed by atoms with Crippen LogP contribution in [0.15, 0.2) is 30.6 Å². The lowest BCUT2D eigenvalue weighted by Gasteiger charge is -2.17. The molecule has 4 N–H and O–H groups in total. The minimum Gasteiger partial charge on any atom is -0.363 e. The van der Waals surface area contributed by atoms with E-state index >= 15 is 0 Å². The lowest BCUT2D eigenvalue weighted by atomic mass is 10.1. The van der Waals surface area contributed by atoms with E-state index in [9.17, 15) is 4.39 Å². The summed E-state index contributed by atoms with van der Waals surface area (Å²) in [5.74, 6) is 6.28. The van der Waals surface area contributed by atoms with Crippen molar-refractivity contribution in [1.29, 1.82) is 0 Å². The summed E-state index contributed by atoms with van der Waals surface area (Å²) >= 11 is 0. The molecular weight excluding hydrogens is 245 g/mol. The zero-order valence-electron chi connectivity index (χ0n) is 10.8. The summed E-state index contributed by atoms with van der Waals surface area (Å²) in [6.45, 7) is 3.71. The van der Waals surface area contributed by atoms with Crippen LogP contribution < -0.4 is 16.6 Å². The van der Waals surface area contributed by atoms with Crippen LogP contribution in [-0.2, 0) is 0 Å². The van der Waals surface area contributed by atoms with E-state index in [0.717, 1.165) is 5.56 Å². The first-order chi connectivity index (χ1) is 9.13. The minimum absolute atomic E-state index is 0.208. The molecule has 0 aliphatic heterocycles. The van der Waals surface area contributed by atoms with Crippen LogP contribution in [0.25, 0.3) is 0 Å². The molecule has 100 valence electrons. The highest BCUT2D eigenvalue weighted by Gasteiger charge is 2.13. The molecule has 2 aromatic rings. The van der Waals surface area contributed by atoms with Crippen molar-refractivity contribution in [2.24, 2.45) is 5.84 Å². The largest absolute Gasteiger partial charge is 0.363 e.